The van der Waals surface area contributed by atoms with Crippen molar-refractivity contribution >= 4 is 40.8 Å². The topological polar surface area (TPSA) is 51.2 Å². The second kappa shape index (κ2) is 8.87. The van der Waals surface area contributed by atoms with E-state index in [1.165, 1.54) is 16.5 Å². The predicted octanol–water partition coefficient (Wildman–Crippen LogP) is 5.89. The van der Waals surface area contributed by atoms with Gasteiger partial charge in [0, 0.05) is 11.1 Å². The van der Waals surface area contributed by atoms with Gasteiger partial charge in [-0.1, -0.05) is 24.6 Å². The van der Waals surface area contributed by atoms with E-state index in [1.54, 1.807) is 12.1 Å². The highest BCUT2D eigenvalue weighted by Crippen LogP contribution is 2.26. The summed E-state index contributed by atoms with van der Waals surface area (Å²) in [6, 6.07) is 13.6. The van der Waals surface area contributed by atoms with Crippen molar-refractivity contribution in [2.24, 2.45) is 0 Å². The van der Waals surface area contributed by atoms with Gasteiger partial charge in [0.25, 0.3) is 0 Å². The second-order valence-corrected chi connectivity index (χ2v) is 6.64. The van der Waals surface area contributed by atoms with Crippen molar-refractivity contribution in [3.8, 4) is 0 Å². The number of nitrogens with one attached hydrogen (secondary N) is 1. The molecule has 1 heterocycles. The smallest absolute Gasteiger partial charge is 0.338 e. The van der Waals surface area contributed by atoms with Crippen LogP contribution in [0.3, 0.4) is 0 Å². The molecule has 5 heteroatoms. The van der Waals surface area contributed by atoms with Gasteiger partial charge < -0.3 is 10.1 Å². The van der Waals surface area contributed by atoms with Crippen LogP contribution in [0, 0.1) is 20.8 Å². The number of carbonyl (C=O) groups is 1. The zero-order valence-electron chi connectivity index (χ0n) is 16.1. The number of hydrogen-bond acceptors (Lipinski definition) is 4. The zero-order chi connectivity index (χ0) is 18.7. The molecule has 0 fully saturated rings. The van der Waals surface area contributed by atoms with Gasteiger partial charge in [0.2, 0.25) is 0 Å². The molecule has 0 unspecified atom stereocenters. The van der Waals surface area contributed by atoms with E-state index in [1.807, 2.05) is 25.1 Å². The van der Waals surface area contributed by atoms with Gasteiger partial charge in [-0.25, -0.2) is 9.78 Å². The van der Waals surface area contributed by atoms with Gasteiger partial charge in [-0.2, -0.15) is 0 Å². The molecule has 142 valence electrons. The van der Waals surface area contributed by atoms with Gasteiger partial charge in [-0.3, -0.25) is 0 Å². The number of anilines is 2. The van der Waals surface area contributed by atoms with Crippen LogP contribution in [0.2, 0.25) is 0 Å². The number of carbonyl (C=O) groups excluding carboxylic acids is 1. The van der Waals surface area contributed by atoms with Gasteiger partial charge in [-0.15, -0.1) is 12.4 Å². The summed E-state index contributed by atoms with van der Waals surface area (Å²) in [5.74, 6) is 0.463. The first-order valence-electron chi connectivity index (χ1n) is 8.90. The van der Waals surface area contributed by atoms with Crippen LogP contribution in [-0.2, 0) is 4.74 Å². The Morgan fingerprint density at radius 3 is 2.59 bits per heavy atom. The maximum absolute atomic E-state index is 12.0. The zero-order valence-corrected chi connectivity index (χ0v) is 16.9. The molecular weight excluding hydrogens is 360 g/mol. The first-order chi connectivity index (χ1) is 12.5. The third-order valence-electron chi connectivity index (χ3n) is 4.26. The van der Waals surface area contributed by atoms with Crippen molar-refractivity contribution in [2.75, 3.05) is 11.9 Å². The van der Waals surface area contributed by atoms with Crippen LogP contribution in [-0.4, -0.2) is 17.6 Å². The van der Waals surface area contributed by atoms with Gasteiger partial charge in [0.1, 0.15) is 5.82 Å². The highest BCUT2D eigenvalue weighted by Gasteiger charge is 2.09. The maximum atomic E-state index is 12.0. The molecule has 0 radical (unpaired) electrons. The molecule has 27 heavy (non-hydrogen) atoms. The summed E-state index contributed by atoms with van der Waals surface area (Å²) in [5.41, 5.74) is 5.90. The van der Waals surface area contributed by atoms with Crippen molar-refractivity contribution in [3.63, 3.8) is 0 Å². The SMILES string of the molecule is CCCOC(=O)c1cccc(Nc2cc(C)c3cc(C)cc(C)c3n2)c1.Cl. The molecule has 1 N–H and O–H groups in total. The summed E-state index contributed by atoms with van der Waals surface area (Å²) >= 11 is 0. The summed E-state index contributed by atoms with van der Waals surface area (Å²) in [6.45, 7) is 8.67. The minimum atomic E-state index is -0.301. The third-order valence-corrected chi connectivity index (χ3v) is 4.26. The molecule has 0 saturated carbocycles. The Morgan fingerprint density at radius 2 is 1.85 bits per heavy atom. The quantitative estimate of drug-likeness (QED) is 0.557. The van der Waals surface area contributed by atoms with Gasteiger partial charge in [0.15, 0.2) is 0 Å². The lowest BCUT2D eigenvalue weighted by Crippen LogP contribution is -2.06. The number of nitrogens with zero attached hydrogens (tertiary/aromatic N) is 1. The number of halogens is 1. The Hall–Kier alpha value is -2.59. The minimum absolute atomic E-state index is 0. The summed E-state index contributed by atoms with van der Waals surface area (Å²) in [7, 11) is 0. The molecule has 0 bridgehead atoms. The highest BCUT2D eigenvalue weighted by molar-refractivity contribution is 5.91. The standard InChI is InChI=1S/C22H24N2O2.ClH/c1-5-9-26-22(25)17-7-6-8-18(13-17)23-20-12-15(3)19-11-14(2)10-16(4)21(19)24-20;/h6-8,10-13H,5,9H2,1-4H3,(H,23,24);1H. The van der Waals surface area contributed by atoms with Gasteiger partial charge in [-0.05, 0) is 68.7 Å². The van der Waals surface area contributed by atoms with Crippen LogP contribution in [0.15, 0.2) is 42.5 Å². The van der Waals surface area contributed by atoms with Crippen molar-refractivity contribution in [3.05, 3.63) is 64.7 Å². The molecule has 0 spiro atoms. The average Bonchev–Trinajstić information content (AvgIpc) is 2.61. The van der Waals surface area contributed by atoms with Crippen molar-refractivity contribution in [1.29, 1.82) is 0 Å². The lowest BCUT2D eigenvalue weighted by atomic mass is 10.0. The van der Waals surface area contributed by atoms with E-state index in [0.717, 1.165) is 29.0 Å². The largest absolute Gasteiger partial charge is 0.462 e. The normalized spacial score (nSPS) is 10.4. The average molecular weight is 385 g/mol. The molecule has 4 nitrogen and oxygen atoms in total. The van der Waals surface area contributed by atoms with E-state index >= 15 is 0 Å². The minimum Gasteiger partial charge on any atom is -0.462 e. The molecule has 0 atom stereocenters. The number of ether oxygens (including phenoxy) is 1. The van der Waals surface area contributed by atoms with E-state index in [9.17, 15) is 4.79 Å². The summed E-state index contributed by atoms with van der Waals surface area (Å²) < 4.78 is 5.20. The van der Waals surface area contributed by atoms with Crippen LogP contribution in [0.5, 0.6) is 0 Å². The van der Waals surface area contributed by atoms with Gasteiger partial charge >= 0.3 is 5.97 Å². The Bertz CT molecular complexity index is 970. The first kappa shape index (κ1) is 20.7. The van der Waals surface area contributed by atoms with Crippen molar-refractivity contribution < 1.29 is 9.53 Å². The van der Waals surface area contributed by atoms with Crippen LogP contribution >= 0.6 is 12.4 Å². The first-order valence-corrected chi connectivity index (χ1v) is 8.90. The number of aromatic nitrogens is 1. The third kappa shape index (κ3) is 4.77. The fourth-order valence-corrected chi connectivity index (χ4v) is 3.06. The number of hydrogen-bond donors (Lipinski definition) is 1. The molecule has 2 aromatic carbocycles. The Labute approximate surface area is 166 Å². The Morgan fingerprint density at radius 1 is 1.07 bits per heavy atom. The molecule has 3 rings (SSSR count). The van der Waals surface area contributed by atoms with E-state index in [0.29, 0.717) is 12.2 Å². The van der Waals surface area contributed by atoms with E-state index in [2.05, 4.69) is 38.2 Å². The van der Waals surface area contributed by atoms with Gasteiger partial charge in [0.05, 0.1) is 17.7 Å². The molecule has 0 amide bonds. The van der Waals surface area contributed by atoms with Crippen LogP contribution in [0.1, 0.15) is 40.4 Å². The predicted molar refractivity (Wildman–Crippen MR) is 114 cm³/mol. The van der Waals surface area contributed by atoms with Crippen LogP contribution in [0.4, 0.5) is 11.5 Å². The maximum Gasteiger partial charge on any atom is 0.338 e. The fraction of sp³-hybridized carbons (Fsp3) is 0.273. The Balaban J connectivity index is 0.00000261. The monoisotopic (exact) mass is 384 g/mol. The number of benzene rings is 2. The molecule has 0 aliphatic carbocycles. The second-order valence-electron chi connectivity index (χ2n) is 6.64. The van der Waals surface area contributed by atoms with Crippen LogP contribution in [0.25, 0.3) is 10.9 Å². The molecule has 3 aromatic rings. The number of fused-ring (bicyclic) bond motifs is 1. The van der Waals surface area contributed by atoms with E-state index < -0.39 is 0 Å². The molecule has 0 aliphatic rings. The number of pyridine rings is 1. The molecule has 1 aromatic heterocycles. The van der Waals surface area contributed by atoms with Crippen molar-refractivity contribution in [2.45, 2.75) is 34.1 Å². The molecule has 0 saturated heterocycles. The number of aryl methyl sites for hydroxylation is 3. The summed E-state index contributed by atoms with van der Waals surface area (Å²) in [4.78, 5) is 16.8. The lowest BCUT2D eigenvalue weighted by Gasteiger charge is -2.12. The molecular formula is C22H25ClN2O2. The van der Waals surface area contributed by atoms with E-state index in [4.69, 9.17) is 9.72 Å². The summed E-state index contributed by atoms with van der Waals surface area (Å²) in [5, 5.41) is 4.48. The highest BCUT2D eigenvalue weighted by atomic mass is 35.5. The summed E-state index contributed by atoms with van der Waals surface area (Å²) in [6.07, 6.45) is 0.808. The fourth-order valence-electron chi connectivity index (χ4n) is 3.06. The van der Waals surface area contributed by atoms with E-state index in [-0.39, 0.29) is 18.4 Å². The lowest BCUT2D eigenvalue weighted by molar-refractivity contribution is 0.0505. The van der Waals surface area contributed by atoms with Crippen LogP contribution < -0.4 is 5.32 Å². The molecule has 0 aliphatic heterocycles. The van der Waals surface area contributed by atoms with Crippen molar-refractivity contribution in [1.82, 2.24) is 4.98 Å². The number of esters is 1. The Kier molecular flexibility index (Phi) is 6.81. The number of rotatable bonds is 5.